The number of rotatable bonds is 5. The summed E-state index contributed by atoms with van der Waals surface area (Å²) in [4.78, 5) is 26.8. The van der Waals surface area contributed by atoms with E-state index in [1.165, 1.54) is 19.3 Å². The van der Waals surface area contributed by atoms with E-state index in [0.717, 1.165) is 61.3 Å². The Kier molecular flexibility index (Phi) is 6.73. The predicted molar refractivity (Wildman–Crippen MR) is 123 cm³/mol. The Labute approximate surface area is 185 Å². The topological polar surface area (TPSA) is 58.6 Å². The molecule has 2 heterocycles. The van der Waals surface area contributed by atoms with Gasteiger partial charge in [-0.25, -0.2) is 9.97 Å². The Morgan fingerprint density at radius 3 is 2.68 bits per heavy atom. The van der Waals surface area contributed by atoms with Crippen molar-refractivity contribution < 1.29 is 9.53 Å². The van der Waals surface area contributed by atoms with Gasteiger partial charge in [-0.15, -0.1) is 0 Å². The monoisotopic (exact) mass is 422 g/mol. The van der Waals surface area contributed by atoms with Crippen LogP contribution in [0.25, 0.3) is 11.1 Å². The molecule has 0 N–H and O–H groups in total. The highest BCUT2D eigenvalue weighted by Gasteiger charge is 2.32. The van der Waals surface area contributed by atoms with Crippen LogP contribution in [0.1, 0.15) is 56.6 Å². The van der Waals surface area contributed by atoms with Crippen molar-refractivity contribution in [2.75, 3.05) is 39.2 Å². The van der Waals surface area contributed by atoms with Crippen molar-refractivity contribution in [2.45, 2.75) is 50.9 Å². The van der Waals surface area contributed by atoms with Crippen LogP contribution in [0.5, 0.6) is 5.75 Å². The van der Waals surface area contributed by atoms with Crippen molar-refractivity contribution in [1.82, 2.24) is 14.9 Å². The fourth-order valence-electron chi connectivity index (χ4n) is 4.93. The lowest BCUT2D eigenvalue weighted by molar-refractivity contribution is -0.137. The molecule has 0 unspecified atom stereocenters. The maximum Gasteiger partial charge on any atom is 0.225 e. The molecule has 1 aliphatic heterocycles. The Hall–Kier alpha value is -2.63. The number of amides is 1. The van der Waals surface area contributed by atoms with E-state index in [1.54, 1.807) is 7.11 Å². The van der Waals surface area contributed by atoms with Gasteiger partial charge >= 0.3 is 0 Å². The first-order valence-electron chi connectivity index (χ1n) is 11.5. The molecule has 0 bridgehead atoms. The predicted octanol–water partition coefficient (Wildman–Crippen LogP) is 4.50. The number of anilines is 1. The number of likely N-dealkylation sites (tertiary alicyclic amines) is 1. The molecule has 1 amide bonds. The number of carbonyl (C=O) groups excluding carboxylic acids is 1. The molecule has 6 nitrogen and oxygen atoms in total. The van der Waals surface area contributed by atoms with Crippen molar-refractivity contribution >= 4 is 11.9 Å². The fourth-order valence-corrected chi connectivity index (χ4v) is 4.93. The number of methoxy groups -OCH3 is 1. The quantitative estimate of drug-likeness (QED) is 0.710. The second kappa shape index (κ2) is 9.67. The average Bonchev–Trinajstić information content (AvgIpc) is 2.83. The van der Waals surface area contributed by atoms with Crippen molar-refractivity contribution in [3.8, 4) is 16.9 Å². The summed E-state index contributed by atoms with van der Waals surface area (Å²) in [7, 11) is 5.61. The number of piperidine rings is 1. The molecule has 0 radical (unpaired) electrons. The van der Waals surface area contributed by atoms with Gasteiger partial charge in [0, 0.05) is 50.8 Å². The minimum Gasteiger partial charge on any atom is -0.497 e. The van der Waals surface area contributed by atoms with E-state index in [-0.39, 0.29) is 11.8 Å². The number of ether oxygens (including phenoxy) is 1. The van der Waals surface area contributed by atoms with Crippen molar-refractivity contribution in [1.29, 1.82) is 0 Å². The second-order valence-electron chi connectivity index (χ2n) is 9.05. The summed E-state index contributed by atoms with van der Waals surface area (Å²) in [5, 5.41) is 0. The molecule has 2 fully saturated rings. The lowest BCUT2D eigenvalue weighted by Gasteiger charge is -2.36. The van der Waals surface area contributed by atoms with E-state index in [0.29, 0.717) is 11.9 Å². The number of hydrogen-bond donors (Lipinski definition) is 0. The van der Waals surface area contributed by atoms with Gasteiger partial charge in [-0.2, -0.15) is 0 Å². The summed E-state index contributed by atoms with van der Waals surface area (Å²) in [6.45, 7) is 1.61. The average molecular weight is 423 g/mol. The number of nitrogens with zero attached hydrogens (tertiary/aromatic N) is 4. The van der Waals surface area contributed by atoms with Crippen molar-refractivity contribution in [2.24, 2.45) is 5.92 Å². The second-order valence-corrected chi connectivity index (χ2v) is 9.05. The molecule has 2 aromatic rings. The fraction of sp³-hybridized carbons (Fsp3) is 0.560. The third-order valence-electron chi connectivity index (χ3n) is 6.66. The Bertz CT molecular complexity index is 908. The smallest absolute Gasteiger partial charge is 0.225 e. The SMILES string of the molecule is COc1cccc(-c2cnc(N(C)C)nc2[C@@H]2CCCN(C(=O)C3CCCCC3)C2)c1. The van der Waals surface area contributed by atoms with Gasteiger partial charge in [-0.05, 0) is 43.4 Å². The maximum atomic E-state index is 13.2. The van der Waals surface area contributed by atoms with Crippen LogP contribution in [0, 0.1) is 5.92 Å². The van der Waals surface area contributed by atoms with Gasteiger partial charge in [0.05, 0.1) is 12.8 Å². The standard InChI is InChI=1S/C25H34N4O2/c1-28(2)25-26-16-22(19-11-7-13-21(15-19)31-3)23(27-25)20-12-8-14-29(17-20)24(30)18-9-5-4-6-10-18/h7,11,13,15-16,18,20H,4-6,8-10,12,14,17H2,1-3H3/t20-/m1/s1. The van der Waals surface area contributed by atoms with Gasteiger partial charge in [0.25, 0.3) is 0 Å². The van der Waals surface area contributed by atoms with Gasteiger partial charge in [0.2, 0.25) is 11.9 Å². The lowest BCUT2D eigenvalue weighted by Crippen LogP contribution is -2.43. The molecule has 1 aromatic carbocycles. The van der Waals surface area contributed by atoms with Crippen LogP contribution in [-0.2, 0) is 4.79 Å². The normalized spacial score (nSPS) is 19.8. The van der Waals surface area contributed by atoms with E-state index in [2.05, 4.69) is 16.0 Å². The molecule has 1 saturated carbocycles. The number of benzene rings is 1. The van der Waals surface area contributed by atoms with Crippen LogP contribution >= 0.6 is 0 Å². The Morgan fingerprint density at radius 1 is 1.13 bits per heavy atom. The molecule has 4 rings (SSSR count). The minimum absolute atomic E-state index is 0.212. The van der Waals surface area contributed by atoms with Crippen molar-refractivity contribution in [3.63, 3.8) is 0 Å². The largest absolute Gasteiger partial charge is 0.497 e. The third-order valence-corrected chi connectivity index (χ3v) is 6.66. The highest BCUT2D eigenvalue weighted by atomic mass is 16.5. The van der Waals surface area contributed by atoms with Crippen LogP contribution in [0.3, 0.4) is 0 Å². The first-order chi connectivity index (χ1) is 15.1. The summed E-state index contributed by atoms with van der Waals surface area (Å²) in [5.74, 6) is 2.31. The number of hydrogen-bond acceptors (Lipinski definition) is 5. The van der Waals surface area contributed by atoms with E-state index < -0.39 is 0 Å². The number of carbonyl (C=O) groups is 1. The van der Waals surface area contributed by atoms with Gasteiger partial charge in [-0.3, -0.25) is 4.79 Å². The zero-order chi connectivity index (χ0) is 21.8. The van der Waals surface area contributed by atoms with Gasteiger partial charge in [0.15, 0.2) is 0 Å². The molecule has 0 spiro atoms. The van der Waals surface area contributed by atoms with Crippen LogP contribution in [-0.4, -0.2) is 55.1 Å². The minimum atomic E-state index is 0.212. The highest BCUT2D eigenvalue weighted by molar-refractivity contribution is 5.79. The zero-order valence-corrected chi connectivity index (χ0v) is 19.0. The summed E-state index contributed by atoms with van der Waals surface area (Å²) in [6.07, 6.45) is 9.72. The van der Waals surface area contributed by atoms with E-state index in [9.17, 15) is 4.79 Å². The summed E-state index contributed by atoms with van der Waals surface area (Å²) >= 11 is 0. The van der Waals surface area contributed by atoms with Gasteiger partial charge < -0.3 is 14.5 Å². The van der Waals surface area contributed by atoms with Gasteiger partial charge in [0.1, 0.15) is 5.75 Å². The third kappa shape index (κ3) is 4.83. The first kappa shape index (κ1) is 21.6. The van der Waals surface area contributed by atoms with E-state index in [1.807, 2.05) is 43.4 Å². The molecule has 1 aliphatic carbocycles. The van der Waals surface area contributed by atoms with E-state index in [4.69, 9.17) is 9.72 Å². The van der Waals surface area contributed by atoms with Gasteiger partial charge in [-0.1, -0.05) is 31.4 Å². The zero-order valence-electron chi connectivity index (χ0n) is 19.0. The molecule has 1 atom stereocenters. The lowest BCUT2D eigenvalue weighted by atomic mass is 9.86. The van der Waals surface area contributed by atoms with E-state index >= 15 is 0 Å². The molecule has 1 aromatic heterocycles. The van der Waals surface area contributed by atoms with Crippen molar-refractivity contribution in [3.05, 3.63) is 36.2 Å². The Balaban J connectivity index is 1.64. The summed E-state index contributed by atoms with van der Waals surface area (Å²) in [5.41, 5.74) is 3.12. The van der Waals surface area contributed by atoms with Crippen LogP contribution < -0.4 is 9.64 Å². The molecule has 1 saturated heterocycles. The first-order valence-corrected chi connectivity index (χ1v) is 11.5. The van der Waals surface area contributed by atoms with Crippen LogP contribution in [0.4, 0.5) is 5.95 Å². The summed E-state index contributed by atoms with van der Waals surface area (Å²) in [6, 6.07) is 8.06. The maximum absolute atomic E-state index is 13.2. The number of aromatic nitrogens is 2. The molecule has 166 valence electrons. The molecule has 2 aliphatic rings. The van der Waals surface area contributed by atoms with Crippen LogP contribution in [0.15, 0.2) is 30.5 Å². The highest BCUT2D eigenvalue weighted by Crippen LogP contribution is 2.36. The summed E-state index contributed by atoms with van der Waals surface area (Å²) < 4.78 is 5.44. The Morgan fingerprint density at radius 2 is 1.94 bits per heavy atom. The molecule has 6 heteroatoms. The van der Waals surface area contributed by atoms with Crippen LogP contribution in [0.2, 0.25) is 0 Å². The molecule has 31 heavy (non-hydrogen) atoms. The molecular weight excluding hydrogens is 388 g/mol. The molecular formula is C25H34N4O2.